The summed E-state index contributed by atoms with van der Waals surface area (Å²) in [6.07, 6.45) is 3.01. The molecule has 0 bridgehead atoms. The lowest BCUT2D eigenvalue weighted by Crippen LogP contribution is -2.24. The van der Waals surface area contributed by atoms with E-state index in [4.69, 9.17) is 0 Å². The zero-order chi connectivity index (χ0) is 20.7. The number of hydrogen-bond donors (Lipinski definition) is 1. The molecule has 0 unspecified atom stereocenters. The number of aliphatic hydroxyl groups excluding tert-OH is 1. The Morgan fingerprint density at radius 2 is 2.10 bits per heavy atom. The van der Waals surface area contributed by atoms with E-state index in [1.807, 2.05) is 37.4 Å². The fourth-order valence-electron chi connectivity index (χ4n) is 4.24. The summed E-state index contributed by atoms with van der Waals surface area (Å²) in [6.45, 7) is 3.91. The van der Waals surface area contributed by atoms with Crippen molar-refractivity contribution in [3.05, 3.63) is 69.2 Å². The molecule has 3 aromatic heterocycles. The fourth-order valence-corrected chi connectivity index (χ4v) is 5.09. The highest BCUT2D eigenvalue weighted by atomic mass is 32.1. The van der Waals surface area contributed by atoms with Gasteiger partial charge in [0.2, 0.25) is 4.96 Å². The summed E-state index contributed by atoms with van der Waals surface area (Å²) < 4.78 is 1.38. The van der Waals surface area contributed by atoms with E-state index >= 15 is 0 Å². The van der Waals surface area contributed by atoms with Crippen molar-refractivity contribution in [2.45, 2.75) is 32.4 Å². The Labute approximate surface area is 177 Å². The number of rotatable bonds is 5. The lowest BCUT2D eigenvalue weighted by molar-refractivity contribution is 0.141. The van der Waals surface area contributed by atoms with Gasteiger partial charge in [-0.1, -0.05) is 36.5 Å². The minimum Gasteiger partial charge on any atom is -0.391 e. The number of para-hydroxylation sites is 1. The van der Waals surface area contributed by atoms with E-state index in [0.717, 1.165) is 41.0 Å². The van der Waals surface area contributed by atoms with Gasteiger partial charge in [-0.25, -0.2) is 4.98 Å². The molecule has 1 aromatic carbocycles. The topological polar surface area (TPSA) is 83.6 Å². The van der Waals surface area contributed by atoms with Crippen molar-refractivity contribution in [2.24, 2.45) is 5.92 Å². The first kappa shape index (κ1) is 19.3. The number of hydrogen-bond acceptors (Lipinski definition) is 7. The quantitative estimate of drug-likeness (QED) is 0.532. The Morgan fingerprint density at radius 3 is 2.97 bits per heavy atom. The van der Waals surface area contributed by atoms with Crippen LogP contribution in [0.3, 0.4) is 0 Å². The van der Waals surface area contributed by atoms with Crippen LogP contribution in [-0.4, -0.2) is 48.8 Å². The average Bonchev–Trinajstić information content (AvgIpc) is 3.31. The number of aliphatic hydroxyl groups is 1. The lowest BCUT2D eigenvalue weighted by atomic mass is 9.94. The zero-order valence-electron chi connectivity index (χ0n) is 16.7. The Morgan fingerprint density at radius 1 is 1.23 bits per heavy atom. The van der Waals surface area contributed by atoms with E-state index in [9.17, 15) is 9.90 Å². The first-order valence-electron chi connectivity index (χ1n) is 10.2. The maximum absolute atomic E-state index is 12.4. The van der Waals surface area contributed by atoms with Crippen molar-refractivity contribution in [3.8, 4) is 0 Å². The molecule has 5 rings (SSSR count). The van der Waals surface area contributed by atoms with Gasteiger partial charge in [0.1, 0.15) is 5.01 Å². The molecule has 30 heavy (non-hydrogen) atoms. The third-order valence-corrected chi connectivity index (χ3v) is 6.78. The second-order valence-electron chi connectivity index (χ2n) is 7.84. The second-order valence-corrected chi connectivity index (χ2v) is 8.88. The first-order valence-corrected chi connectivity index (χ1v) is 11.0. The number of likely N-dealkylation sites (tertiary alicyclic amines) is 1. The van der Waals surface area contributed by atoms with Gasteiger partial charge in [-0.3, -0.25) is 14.7 Å². The first-order chi connectivity index (χ1) is 14.6. The number of β-amino-alcohol motifs (C(OH)–C–C–N with tert-alkyl or cyclic N) is 1. The third kappa shape index (κ3) is 3.62. The molecular weight excluding hydrogens is 398 g/mol. The van der Waals surface area contributed by atoms with Crippen molar-refractivity contribution < 1.29 is 5.11 Å². The molecule has 2 atom stereocenters. The fraction of sp³-hybridized carbons (Fsp3) is 0.364. The van der Waals surface area contributed by atoms with Gasteiger partial charge < -0.3 is 5.11 Å². The Balaban J connectivity index is 1.33. The van der Waals surface area contributed by atoms with Gasteiger partial charge in [0.25, 0.3) is 5.56 Å². The normalized spacial score (nSPS) is 19.8. The Bertz CT molecular complexity index is 1260. The van der Waals surface area contributed by atoms with Crippen LogP contribution >= 0.6 is 11.3 Å². The SMILES string of the molecule is CCc1nn2c(=O)cc(CN3C[C@@H](Cc4ccnc5ccccc45)[C@H](O)C3)nc2s1. The smallest absolute Gasteiger partial charge is 0.275 e. The molecule has 0 amide bonds. The number of benzene rings is 1. The van der Waals surface area contributed by atoms with Crippen molar-refractivity contribution in [3.63, 3.8) is 0 Å². The molecule has 0 spiro atoms. The third-order valence-electron chi connectivity index (χ3n) is 5.73. The average molecular weight is 422 g/mol. The lowest BCUT2D eigenvalue weighted by Gasteiger charge is -2.16. The summed E-state index contributed by atoms with van der Waals surface area (Å²) in [5.74, 6) is 0.135. The van der Waals surface area contributed by atoms with Gasteiger partial charge in [-0.2, -0.15) is 9.61 Å². The molecule has 0 saturated carbocycles. The molecule has 0 radical (unpaired) electrons. The molecule has 4 heterocycles. The van der Waals surface area contributed by atoms with Crippen molar-refractivity contribution in [1.29, 1.82) is 0 Å². The summed E-state index contributed by atoms with van der Waals surface area (Å²) in [6, 6.07) is 11.7. The molecule has 8 heteroatoms. The molecule has 4 aromatic rings. The van der Waals surface area contributed by atoms with Gasteiger partial charge in [0, 0.05) is 43.2 Å². The van der Waals surface area contributed by atoms with E-state index in [0.29, 0.717) is 18.1 Å². The Hall–Kier alpha value is -2.68. The monoisotopic (exact) mass is 421 g/mol. The molecular formula is C22H23N5O2S. The van der Waals surface area contributed by atoms with Crippen LogP contribution in [0.25, 0.3) is 15.9 Å². The van der Waals surface area contributed by atoms with Crippen LogP contribution in [0.4, 0.5) is 0 Å². The predicted molar refractivity (Wildman–Crippen MR) is 117 cm³/mol. The maximum Gasteiger partial charge on any atom is 0.275 e. The molecule has 1 saturated heterocycles. The van der Waals surface area contributed by atoms with Crippen LogP contribution in [0.15, 0.2) is 47.4 Å². The summed E-state index contributed by atoms with van der Waals surface area (Å²) >= 11 is 1.45. The van der Waals surface area contributed by atoms with Gasteiger partial charge >= 0.3 is 0 Å². The minimum absolute atomic E-state index is 0.135. The van der Waals surface area contributed by atoms with E-state index in [2.05, 4.69) is 26.0 Å². The summed E-state index contributed by atoms with van der Waals surface area (Å²) in [5.41, 5.74) is 2.77. The van der Waals surface area contributed by atoms with Crippen molar-refractivity contribution >= 4 is 27.2 Å². The molecule has 1 fully saturated rings. The van der Waals surface area contributed by atoms with Gasteiger partial charge in [-0.05, 0) is 30.5 Å². The predicted octanol–water partition coefficient (Wildman–Crippen LogP) is 2.30. The van der Waals surface area contributed by atoms with Gasteiger partial charge in [-0.15, -0.1) is 0 Å². The zero-order valence-corrected chi connectivity index (χ0v) is 17.5. The van der Waals surface area contributed by atoms with E-state index in [1.54, 1.807) is 6.07 Å². The number of pyridine rings is 1. The molecule has 1 aliphatic rings. The molecule has 154 valence electrons. The Kier molecular flexibility index (Phi) is 5.06. The van der Waals surface area contributed by atoms with Crippen molar-refractivity contribution in [1.82, 2.24) is 24.5 Å². The summed E-state index contributed by atoms with van der Waals surface area (Å²) in [7, 11) is 0. The number of nitrogens with zero attached hydrogens (tertiary/aromatic N) is 5. The maximum atomic E-state index is 12.4. The standard InChI is InChI=1S/C22H23N5O2S/c1-2-20-25-27-21(29)10-16(24-22(27)30-20)12-26-11-15(19(28)13-26)9-14-7-8-23-18-6-4-3-5-17(14)18/h3-8,10,15,19,28H,2,9,11-13H2,1H3/t15-,19-/m1/s1. The van der Waals surface area contributed by atoms with Crippen LogP contribution in [0.1, 0.15) is 23.2 Å². The summed E-state index contributed by atoms with van der Waals surface area (Å²) in [4.78, 5) is 24.3. The number of aromatic nitrogens is 4. The van der Waals surface area contributed by atoms with Gasteiger partial charge in [0.05, 0.1) is 17.3 Å². The molecule has 1 aliphatic heterocycles. The van der Waals surface area contributed by atoms with E-state index in [-0.39, 0.29) is 11.5 Å². The molecule has 0 aliphatic carbocycles. The number of fused-ring (bicyclic) bond motifs is 2. The molecule has 1 N–H and O–H groups in total. The van der Waals surface area contributed by atoms with Crippen LogP contribution < -0.4 is 5.56 Å². The highest BCUT2D eigenvalue weighted by molar-refractivity contribution is 7.16. The number of aryl methyl sites for hydroxylation is 1. The molecule has 7 nitrogen and oxygen atoms in total. The van der Waals surface area contributed by atoms with E-state index in [1.165, 1.54) is 21.4 Å². The van der Waals surface area contributed by atoms with Crippen LogP contribution in [0, 0.1) is 5.92 Å². The van der Waals surface area contributed by atoms with E-state index < -0.39 is 6.10 Å². The summed E-state index contributed by atoms with van der Waals surface area (Å²) in [5, 5.41) is 17.0. The van der Waals surface area contributed by atoms with Crippen LogP contribution in [0.2, 0.25) is 0 Å². The highest BCUT2D eigenvalue weighted by Crippen LogP contribution is 2.26. The second kappa shape index (κ2) is 7.86. The minimum atomic E-state index is -0.406. The largest absolute Gasteiger partial charge is 0.391 e. The van der Waals surface area contributed by atoms with Gasteiger partial charge in [0.15, 0.2) is 0 Å². The van der Waals surface area contributed by atoms with Crippen LogP contribution in [-0.2, 0) is 19.4 Å². The van der Waals surface area contributed by atoms with Crippen molar-refractivity contribution in [2.75, 3.05) is 13.1 Å². The highest BCUT2D eigenvalue weighted by Gasteiger charge is 2.32. The van der Waals surface area contributed by atoms with Crippen LogP contribution in [0.5, 0.6) is 0 Å².